The minimum absolute atomic E-state index is 0.365. The van der Waals surface area contributed by atoms with Crippen molar-refractivity contribution in [2.75, 3.05) is 6.61 Å². The molecular formula is C19H15NO3. The van der Waals surface area contributed by atoms with Gasteiger partial charge in [-0.3, -0.25) is 14.9 Å². The van der Waals surface area contributed by atoms with Gasteiger partial charge in [-0.15, -0.1) is 0 Å². The molecule has 23 heavy (non-hydrogen) atoms. The summed E-state index contributed by atoms with van der Waals surface area (Å²) in [5, 5.41) is 2.36. The Bertz CT molecular complexity index is 804. The molecular weight excluding hydrogens is 290 g/mol. The molecule has 0 fully saturated rings. The van der Waals surface area contributed by atoms with Gasteiger partial charge in [-0.1, -0.05) is 43.0 Å². The summed E-state index contributed by atoms with van der Waals surface area (Å²) in [4.78, 5) is 24.0. The van der Waals surface area contributed by atoms with Crippen molar-refractivity contribution in [2.24, 2.45) is 0 Å². The van der Waals surface area contributed by atoms with E-state index in [1.807, 2.05) is 30.3 Å². The third kappa shape index (κ3) is 3.06. The van der Waals surface area contributed by atoms with Crippen LogP contribution >= 0.6 is 0 Å². The molecule has 4 heteroatoms. The zero-order chi connectivity index (χ0) is 16.2. The first kappa shape index (κ1) is 14.8. The Hall–Kier alpha value is -3.14. The number of carbonyl (C=O) groups excluding carboxylic acids is 2. The predicted octanol–water partition coefficient (Wildman–Crippen LogP) is 3.06. The molecule has 4 nitrogen and oxygen atoms in total. The van der Waals surface area contributed by atoms with Gasteiger partial charge < -0.3 is 4.74 Å². The second-order valence-corrected chi connectivity index (χ2v) is 5.06. The predicted molar refractivity (Wildman–Crippen MR) is 88.9 cm³/mol. The van der Waals surface area contributed by atoms with Crippen LogP contribution < -0.4 is 10.1 Å². The molecule has 2 aromatic rings. The highest BCUT2D eigenvalue weighted by Gasteiger charge is 2.26. The maximum absolute atomic E-state index is 12.1. The molecule has 114 valence electrons. The van der Waals surface area contributed by atoms with Crippen LogP contribution in [0.5, 0.6) is 5.75 Å². The molecule has 2 amide bonds. The number of amides is 2. The molecule has 0 bridgehead atoms. The van der Waals surface area contributed by atoms with E-state index in [2.05, 4.69) is 11.9 Å². The third-order valence-electron chi connectivity index (χ3n) is 3.49. The van der Waals surface area contributed by atoms with Crippen LogP contribution in [0.15, 0.2) is 61.2 Å². The number of benzene rings is 2. The van der Waals surface area contributed by atoms with Crippen molar-refractivity contribution in [3.8, 4) is 5.75 Å². The fourth-order valence-electron chi connectivity index (χ4n) is 2.40. The molecule has 0 aliphatic carbocycles. The molecule has 0 aromatic heterocycles. The molecule has 2 aromatic carbocycles. The average molecular weight is 305 g/mol. The van der Waals surface area contributed by atoms with Gasteiger partial charge in [0.05, 0.1) is 0 Å². The first-order valence-electron chi connectivity index (χ1n) is 7.19. The van der Waals surface area contributed by atoms with Crippen molar-refractivity contribution in [3.63, 3.8) is 0 Å². The summed E-state index contributed by atoms with van der Waals surface area (Å²) in [6.45, 7) is 4.04. The molecule has 0 radical (unpaired) electrons. The Morgan fingerprint density at radius 3 is 2.35 bits per heavy atom. The average Bonchev–Trinajstić information content (AvgIpc) is 2.58. The van der Waals surface area contributed by atoms with Gasteiger partial charge in [0.15, 0.2) is 0 Å². The molecule has 0 saturated carbocycles. The topological polar surface area (TPSA) is 55.4 Å². The Balaban J connectivity index is 1.95. The van der Waals surface area contributed by atoms with E-state index in [4.69, 9.17) is 4.74 Å². The number of imide groups is 1. The Morgan fingerprint density at radius 2 is 1.65 bits per heavy atom. The van der Waals surface area contributed by atoms with Gasteiger partial charge in [-0.25, -0.2) is 0 Å². The van der Waals surface area contributed by atoms with E-state index in [0.717, 1.165) is 11.3 Å². The summed E-state index contributed by atoms with van der Waals surface area (Å²) < 4.78 is 5.43. The number of hydrogen-bond acceptors (Lipinski definition) is 3. The second-order valence-electron chi connectivity index (χ2n) is 5.06. The zero-order valence-electron chi connectivity index (χ0n) is 12.4. The number of rotatable bonds is 4. The molecule has 0 atom stereocenters. The second kappa shape index (κ2) is 6.32. The van der Waals surface area contributed by atoms with Crippen LogP contribution in [0.2, 0.25) is 0 Å². The van der Waals surface area contributed by atoms with E-state index >= 15 is 0 Å². The summed E-state index contributed by atoms with van der Waals surface area (Å²) in [6.07, 6.45) is 3.44. The lowest BCUT2D eigenvalue weighted by atomic mass is 9.93. The maximum Gasteiger partial charge on any atom is 0.258 e. The monoisotopic (exact) mass is 305 g/mol. The van der Waals surface area contributed by atoms with E-state index in [0.29, 0.717) is 23.3 Å². The molecule has 1 aliphatic rings. The van der Waals surface area contributed by atoms with E-state index in [9.17, 15) is 9.59 Å². The van der Waals surface area contributed by atoms with Crippen molar-refractivity contribution in [1.82, 2.24) is 5.32 Å². The van der Waals surface area contributed by atoms with E-state index in [-0.39, 0.29) is 11.8 Å². The van der Waals surface area contributed by atoms with Crippen molar-refractivity contribution < 1.29 is 14.3 Å². The standard InChI is InChI=1S/C19H15NO3/c1-2-11-23-14-9-7-13(8-10-14)12-17-15-5-3-4-6-16(15)18(21)20-19(17)22/h2-10,12H,1,11H2,(H,20,21,22)/b17-12+. The van der Waals surface area contributed by atoms with Crippen LogP contribution in [-0.4, -0.2) is 18.4 Å². The fraction of sp³-hybridized carbons (Fsp3) is 0.0526. The molecule has 0 saturated heterocycles. The lowest BCUT2D eigenvalue weighted by molar-refractivity contribution is -0.114. The van der Waals surface area contributed by atoms with Crippen LogP contribution in [-0.2, 0) is 4.79 Å². The number of carbonyl (C=O) groups is 2. The highest BCUT2D eigenvalue weighted by molar-refractivity contribution is 6.33. The largest absolute Gasteiger partial charge is 0.490 e. The summed E-state index contributed by atoms with van der Waals surface area (Å²) in [5.41, 5.74) is 2.47. The first-order chi connectivity index (χ1) is 11.2. The lowest BCUT2D eigenvalue weighted by Gasteiger charge is -2.18. The van der Waals surface area contributed by atoms with Crippen LogP contribution in [0.4, 0.5) is 0 Å². The molecule has 1 heterocycles. The highest BCUT2D eigenvalue weighted by Crippen LogP contribution is 2.26. The summed E-state index contributed by atoms with van der Waals surface area (Å²) in [5.74, 6) is -0.0210. The Kier molecular flexibility index (Phi) is 4.06. The SMILES string of the molecule is C=CCOc1ccc(/C=C2/C(=O)NC(=O)c3ccccc32)cc1. The Labute approximate surface area is 134 Å². The smallest absolute Gasteiger partial charge is 0.258 e. The van der Waals surface area contributed by atoms with Crippen molar-refractivity contribution in [1.29, 1.82) is 0 Å². The number of fused-ring (bicyclic) bond motifs is 1. The molecule has 0 unspecified atom stereocenters. The lowest BCUT2D eigenvalue weighted by Crippen LogP contribution is -2.36. The number of hydrogen-bond donors (Lipinski definition) is 1. The molecule has 1 N–H and O–H groups in total. The van der Waals surface area contributed by atoms with Crippen LogP contribution in [0.3, 0.4) is 0 Å². The highest BCUT2D eigenvalue weighted by atomic mass is 16.5. The molecule has 3 rings (SSSR count). The third-order valence-corrected chi connectivity index (χ3v) is 3.49. The van der Waals surface area contributed by atoms with Gasteiger partial charge in [-0.2, -0.15) is 0 Å². The summed E-state index contributed by atoms with van der Waals surface area (Å²) in [7, 11) is 0. The van der Waals surface area contributed by atoms with Crippen molar-refractivity contribution >= 4 is 23.5 Å². The summed E-state index contributed by atoms with van der Waals surface area (Å²) >= 11 is 0. The fourth-order valence-corrected chi connectivity index (χ4v) is 2.40. The van der Waals surface area contributed by atoms with Gasteiger partial charge in [0.2, 0.25) is 0 Å². The van der Waals surface area contributed by atoms with Crippen LogP contribution in [0.25, 0.3) is 11.6 Å². The van der Waals surface area contributed by atoms with Crippen molar-refractivity contribution in [2.45, 2.75) is 0 Å². The Morgan fingerprint density at radius 1 is 0.957 bits per heavy atom. The van der Waals surface area contributed by atoms with Gasteiger partial charge in [0.25, 0.3) is 11.8 Å². The maximum atomic E-state index is 12.1. The summed E-state index contributed by atoms with van der Waals surface area (Å²) in [6, 6.07) is 14.4. The minimum atomic E-state index is -0.388. The number of ether oxygens (including phenoxy) is 1. The van der Waals surface area contributed by atoms with Gasteiger partial charge in [0.1, 0.15) is 12.4 Å². The van der Waals surface area contributed by atoms with E-state index in [1.165, 1.54) is 0 Å². The quantitative estimate of drug-likeness (QED) is 0.536. The van der Waals surface area contributed by atoms with Gasteiger partial charge in [0, 0.05) is 11.1 Å². The van der Waals surface area contributed by atoms with E-state index in [1.54, 1.807) is 30.4 Å². The minimum Gasteiger partial charge on any atom is -0.490 e. The van der Waals surface area contributed by atoms with E-state index < -0.39 is 0 Å². The normalized spacial score (nSPS) is 15.0. The molecule has 0 spiro atoms. The van der Waals surface area contributed by atoms with Gasteiger partial charge >= 0.3 is 0 Å². The first-order valence-corrected chi connectivity index (χ1v) is 7.19. The zero-order valence-corrected chi connectivity index (χ0v) is 12.4. The van der Waals surface area contributed by atoms with Crippen LogP contribution in [0.1, 0.15) is 21.5 Å². The molecule has 1 aliphatic heterocycles. The number of nitrogens with one attached hydrogen (secondary N) is 1. The van der Waals surface area contributed by atoms with Gasteiger partial charge in [-0.05, 0) is 35.4 Å². The van der Waals surface area contributed by atoms with Crippen LogP contribution in [0, 0.1) is 0 Å². The van der Waals surface area contributed by atoms with Crippen molar-refractivity contribution in [3.05, 3.63) is 77.9 Å².